The molecule has 0 nitrogen and oxygen atoms in total. The van der Waals surface area contributed by atoms with Crippen LogP contribution in [0.15, 0.2) is 24.3 Å². The summed E-state index contributed by atoms with van der Waals surface area (Å²) in [7, 11) is 0. The van der Waals surface area contributed by atoms with Crippen molar-refractivity contribution in [2.24, 2.45) is 5.92 Å². The molecule has 0 spiro atoms. The van der Waals surface area contributed by atoms with Crippen LogP contribution in [0.1, 0.15) is 65.5 Å². The minimum Gasteiger partial charge on any atom is -0.0740 e. The first-order chi connectivity index (χ1) is 8.25. The lowest BCUT2D eigenvalue weighted by Crippen LogP contribution is -2.26. The highest BCUT2D eigenvalue weighted by molar-refractivity contribution is 14.1. The summed E-state index contributed by atoms with van der Waals surface area (Å²) in [6.07, 6.45) is 2.40. The first-order valence-corrected chi connectivity index (χ1v) is 8.13. The van der Waals surface area contributed by atoms with Crippen LogP contribution in [-0.2, 0) is 8.84 Å². The Morgan fingerprint density at radius 2 is 1.44 bits per heavy atom. The van der Waals surface area contributed by atoms with Gasteiger partial charge in [0, 0.05) is 3.42 Å². The number of hydrogen-bond acceptors (Lipinski definition) is 0. The molecule has 0 heterocycles. The Kier molecular flexibility index (Phi) is 5.28. The van der Waals surface area contributed by atoms with Crippen LogP contribution >= 0.6 is 22.6 Å². The molecule has 0 aliphatic heterocycles. The molecule has 0 N–H and O–H groups in total. The second-order valence-electron chi connectivity index (χ2n) is 6.16. The number of alkyl halides is 1. The van der Waals surface area contributed by atoms with E-state index in [9.17, 15) is 0 Å². The average molecular weight is 358 g/mol. The second kappa shape index (κ2) is 5.94. The van der Waals surface area contributed by atoms with Crippen molar-refractivity contribution in [3.05, 3.63) is 35.4 Å². The summed E-state index contributed by atoms with van der Waals surface area (Å²) in [6.45, 7) is 13.9. The van der Waals surface area contributed by atoms with Crippen molar-refractivity contribution >= 4 is 22.6 Å². The van der Waals surface area contributed by atoms with Gasteiger partial charge in [-0.15, -0.1) is 0 Å². The molecule has 0 amide bonds. The maximum Gasteiger partial charge on any atom is 0.0439 e. The van der Waals surface area contributed by atoms with E-state index in [0.29, 0.717) is 5.92 Å². The fourth-order valence-electron chi connectivity index (χ4n) is 2.25. The monoisotopic (exact) mass is 358 g/mol. The van der Waals surface area contributed by atoms with Crippen molar-refractivity contribution < 1.29 is 0 Å². The summed E-state index contributed by atoms with van der Waals surface area (Å²) in [5, 5.41) is 0. The quantitative estimate of drug-likeness (QED) is 0.443. The number of hydrogen-bond donors (Lipinski definition) is 0. The molecule has 0 radical (unpaired) electrons. The van der Waals surface area contributed by atoms with Gasteiger partial charge in [-0.05, 0) is 35.8 Å². The van der Waals surface area contributed by atoms with Crippen LogP contribution in [0.4, 0.5) is 0 Å². The molecule has 0 fully saturated rings. The van der Waals surface area contributed by atoms with Crippen LogP contribution < -0.4 is 0 Å². The normalized spacial score (nSPS) is 17.3. The van der Waals surface area contributed by atoms with E-state index in [-0.39, 0.29) is 8.84 Å². The van der Waals surface area contributed by atoms with Gasteiger partial charge in [0.2, 0.25) is 0 Å². The third-order valence-electron chi connectivity index (χ3n) is 4.74. The highest BCUT2D eigenvalue weighted by Gasteiger charge is 2.27. The lowest BCUT2D eigenvalue weighted by atomic mass is 9.73. The molecule has 1 heteroatoms. The SMILES string of the molecule is CCC(C)C(C)(C)c1ccc(C(C)(I)CC)cc1. The zero-order chi connectivity index (χ0) is 14.0. The van der Waals surface area contributed by atoms with E-state index in [1.54, 1.807) is 0 Å². The molecule has 1 rings (SSSR count). The van der Waals surface area contributed by atoms with Crippen molar-refractivity contribution in [1.82, 2.24) is 0 Å². The highest BCUT2D eigenvalue weighted by Crippen LogP contribution is 2.38. The third-order valence-corrected chi connectivity index (χ3v) is 6.12. The molecule has 0 bridgehead atoms. The van der Waals surface area contributed by atoms with Gasteiger partial charge < -0.3 is 0 Å². The Morgan fingerprint density at radius 1 is 1.00 bits per heavy atom. The van der Waals surface area contributed by atoms with E-state index < -0.39 is 0 Å². The predicted octanol–water partition coefficient (Wildman–Crippen LogP) is 6.07. The van der Waals surface area contributed by atoms with Gasteiger partial charge in [-0.1, -0.05) is 87.9 Å². The third kappa shape index (κ3) is 3.28. The molecular weight excluding hydrogens is 331 g/mol. The van der Waals surface area contributed by atoms with E-state index in [4.69, 9.17) is 0 Å². The van der Waals surface area contributed by atoms with Crippen molar-refractivity contribution in [2.45, 2.75) is 63.2 Å². The molecule has 0 saturated heterocycles. The molecule has 0 aliphatic rings. The van der Waals surface area contributed by atoms with Crippen LogP contribution in [0.2, 0.25) is 0 Å². The lowest BCUT2D eigenvalue weighted by Gasteiger charge is -2.32. The minimum absolute atomic E-state index is 0.261. The topological polar surface area (TPSA) is 0 Å². The molecular formula is C17H27I. The molecule has 0 aliphatic carbocycles. The lowest BCUT2D eigenvalue weighted by molar-refractivity contribution is 0.335. The molecule has 1 aromatic carbocycles. The Labute approximate surface area is 127 Å². The fourth-order valence-corrected chi connectivity index (χ4v) is 2.61. The smallest absolute Gasteiger partial charge is 0.0439 e. The van der Waals surface area contributed by atoms with Crippen molar-refractivity contribution in [3.63, 3.8) is 0 Å². The minimum atomic E-state index is 0.261. The number of benzene rings is 1. The van der Waals surface area contributed by atoms with E-state index >= 15 is 0 Å². The molecule has 18 heavy (non-hydrogen) atoms. The first-order valence-electron chi connectivity index (χ1n) is 7.05. The van der Waals surface area contributed by atoms with Crippen molar-refractivity contribution in [2.75, 3.05) is 0 Å². The Hall–Kier alpha value is -0.0500. The van der Waals surface area contributed by atoms with Gasteiger partial charge in [0.1, 0.15) is 0 Å². The second-order valence-corrected chi connectivity index (χ2v) is 8.54. The predicted molar refractivity (Wildman–Crippen MR) is 90.6 cm³/mol. The van der Waals surface area contributed by atoms with Gasteiger partial charge >= 0.3 is 0 Å². The van der Waals surface area contributed by atoms with Crippen molar-refractivity contribution in [3.8, 4) is 0 Å². The molecule has 0 aromatic heterocycles. The van der Waals surface area contributed by atoms with Crippen LogP contribution in [0, 0.1) is 5.92 Å². The Balaban J connectivity index is 3.03. The molecule has 2 atom stereocenters. The molecule has 102 valence electrons. The molecule has 1 aromatic rings. The van der Waals surface area contributed by atoms with Crippen LogP contribution in [0.5, 0.6) is 0 Å². The number of halogens is 1. The van der Waals surface area contributed by atoms with E-state index in [1.165, 1.54) is 24.0 Å². The van der Waals surface area contributed by atoms with Gasteiger partial charge in [-0.2, -0.15) is 0 Å². The maximum atomic E-state index is 2.56. The summed E-state index contributed by atoms with van der Waals surface area (Å²) >= 11 is 2.56. The molecule has 2 unspecified atom stereocenters. The highest BCUT2D eigenvalue weighted by atomic mass is 127. The summed E-state index contributed by atoms with van der Waals surface area (Å²) < 4.78 is 0.261. The van der Waals surface area contributed by atoms with Gasteiger partial charge in [0.25, 0.3) is 0 Å². The number of rotatable bonds is 5. The van der Waals surface area contributed by atoms with Gasteiger partial charge in [0.15, 0.2) is 0 Å². The zero-order valence-corrected chi connectivity index (χ0v) is 14.8. The van der Waals surface area contributed by atoms with Gasteiger partial charge in [-0.3, -0.25) is 0 Å². The summed E-state index contributed by atoms with van der Waals surface area (Å²) in [4.78, 5) is 0. The summed E-state index contributed by atoms with van der Waals surface area (Å²) in [5.74, 6) is 0.709. The van der Waals surface area contributed by atoms with Crippen LogP contribution in [0.3, 0.4) is 0 Å². The van der Waals surface area contributed by atoms with Crippen molar-refractivity contribution in [1.29, 1.82) is 0 Å². The van der Waals surface area contributed by atoms with Gasteiger partial charge in [0.05, 0.1) is 0 Å². The van der Waals surface area contributed by atoms with E-state index in [0.717, 1.165) is 0 Å². The Bertz CT molecular complexity index is 373. The van der Waals surface area contributed by atoms with E-state index in [2.05, 4.69) is 88.4 Å². The summed E-state index contributed by atoms with van der Waals surface area (Å²) in [6, 6.07) is 9.28. The molecule has 0 saturated carbocycles. The van der Waals surface area contributed by atoms with E-state index in [1.807, 2.05) is 0 Å². The summed E-state index contributed by atoms with van der Waals surface area (Å²) in [5.41, 5.74) is 3.17. The van der Waals surface area contributed by atoms with Gasteiger partial charge in [-0.25, -0.2) is 0 Å². The maximum absolute atomic E-state index is 2.56. The first kappa shape index (κ1) is 16.0. The fraction of sp³-hybridized carbons (Fsp3) is 0.647. The average Bonchev–Trinajstić information content (AvgIpc) is 2.37. The van der Waals surface area contributed by atoms with Crippen LogP contribution in [0.25, 0.3) is 0 Å². The van der Waals surface area contributed by atoms with Crippen LogP contribution in [-0.4, -0.2) is 0 Å². The standard InChI is InChI=1S/C17H27I/c1-7-13(3)16(4,5)14-9-11-15(12-10-14)17(6,18)8-2/h9-13H,7-8H2,1-6H3. The largest absolute Gasteiger partial charge is 0.0740 e. The zero-order valence-electron chi connectivity index (χ0n) is 12.7. The Morgan fingerprint density at radius 3 is 1.83 bits per heavy atom.